The van der Waals surface area contributed by atoms with Gasteiger partial charge < -0.3 is 14.7 Å². The molecule has 2 N–H and O–H groups in total. The summed E-state index contributed by atoms with van der Waals surface area (Å²) in [7, 11) is 0. The number of aliphatic hydroxyl groups is 1. The van der Waals surface area contributed by atoms with E-state index in [2.05, 4.69) is 5.16 Å². The van der Waals surface area contributed by atoms with E-state index in [1.165, 1.54) is 18.0 Å². The predicted octanol–water partition coefficient (Wildman–Crippen LogP) is 4.15. The summed E-state index contributed by atoms with van der Waals surface area (Å²) in [6.45, 7) is 0.0718. The van der Waals surface area contributed by atoms with Crippen molar-refractivity contribution in [2.24, 2.45) is 5.16 Å². The van der Waals surface area contributed by atoms with Crippen LogP contribution in [0.25, 0.3) is 11.3 Å². The molecule has 0 bridgehead atoms. The first-order chi connectivity index (χ1) is 9.67. The van der Waals surface area contributed by atoms with Crippen LogP contribution in [0.1, 0.15) is 5.76 Å². The molecule has 0 aliphatic heterocycles. The molecule has 0 spiro atoms. The Morgan fingerprint density at radius 1 is 1.20 bits per heavy atom. The van der Waals surface area contributed by atoms with Crippen LogP contribution in [0.4, 0.5) is 0 Å². The number of nitrogens with zero attached hydrogens (tertiary/aromatic N) is 1. The first-order valence-corrected chi connectivity index (χ1v) is 7.41. The summed E-state index contributed by atoms with van der Waals surface area (Å²) < 4.78 is 5.47. The zero-order valence-corrected chi connectivity index (χ0v) is 12.5. The van der Waals surface area contributed by atoms with Gasteiger partial charge in [0, 0.05) is 16.2 Å². The predicted molar refractivity (Wildman–Crippen MR) is 81.4 cm³/mol. The highest BCUT2D eigenvalue weighted by molar-refractivity contribution is 7.99. The van der Waals surface area contributed by atoms with Gasteiger partial charge in [-0.15, -0.1) is 11.8 Å². The first-order valence-electron chi connectivity index (χ1n) is 5.66. The average Bonchev–Trinajstić information content (AvgIpc) is 2.89. The summed E-state index contributed by atoms with van der Waals surface area (Å²) in [5.41, 5.74) is 0.655. The van der Waals surface area contributed by atoms with Gasteiger partial charge in [-0.3, -0.25) is 0 Å². The van der Waals surface area contributed by atoms with Crippen molar-refractivity contribution >= 4 is 41.2 Å². The number of hydrogen-bond donors (Lipinski definition) is 2. The third-order valence-corrected chi connectivity index (χ3v) is 4.50. The van der Waals surface area contributed by atoms with Gasteiger partial charge in [-0.25, -0.2) is 0 Å². The fourth-order valence-electron chi connectivity index (χ4n) is 1.61. The lowest BCUT2D eigenvalue weighted by molar-refractivity contribution is 0.320. The van der Waals surface area contributed by atoms with Crippen molar-refractivity contribution in [3.8, 4) is 11.3 Å². The van der Waals surface area contributed by atoms with Gasteiger partial charge in [-0.05, 0) is 24.3 Å². The lowest BCUT2D eigenvalue weighted by Gasteiger charge is -2.08. The molecule has 20 heavy (non-hydrogen) atoms. The van der Waals surface area contributed by atoms with Crippen LogP contribution in [-0.2, 0) is 0 Å². The Bertz CT molecular complexity index is 628. The van der Waals surface area contributed by atoms with E-state index >= 15 is 0 Å². The maximum Gasteiger partial charge on any atom is 0.149 e. The van der Waals surface area contributed by atoms with Crippen molar-refractivity contribution in [2.75, 3.05) is 12.4 Å². The van der Waals surface area contributed by atoms with Crippen LogP contribution in [-0.4, -0.2) is 28.9 Å². The molecule has 0 amide bonds. The molecule has 7 heteroatoms. The Hall–Kier alpha value is -1.14. The zero-order valence-electron chi connectivity index (χ0n) is 10.2. The normalized spacial score (nSPS) is 11.3. The fourth-order valence-corrected chi connectivity index (χ4v) is 2.96. The summed E-state index contributed by atoms with van der Waals surface area (Å²) in [5, 5.41) is 21.0. The lowest BCUT2D eigenvalue weighted by Crippen LogP contribution is -1.87. The minimum atomic E-state index is 0.0718. The summed E-state index contributed by atoms with van der Waals surface area (Å²) in [6.07, 6.45) is 1.19. The van der Waals surface area contributed by atoms with E-state index in [-0.39, 0.29) is 6.61 Å². The van der Waals surface area contributed by atoms with Crippen molar-refractivity contribution in [3.05, 3.63) is 40.1 Å². The second-order valence-electron chi connectivity index (χ2n) is 3.76. The van der Waals surface area contributed by atoms with Crippen molar-refractivity contribution in [1.29, 1.82) is 0 Å². The molecule has 0 unspecified atom stereocenters. The van der Waals surface area contributed by atoms with Gasteiger partial charge in [0.15, 0.2) is 0 Å². The van der Waals surface area contributed by atoms with E-state index in [9.17, 15) is 0 Å². The number of oxime groups is 1. The molecular weight excluding hydrogens is 321 g/mol. The van der Waals surface area contributed by atoms with E-state index < -0.39 is 0 Å². The van der Waals surface area contributed by atoms with Crippen LogP contribution in [0.3, 0.4) is 0 Å². The molecule has 1 aromatic carbocycles. The van der Waals surface area contributed by atoms with Gasteiger partial charge in [0.1, 0.15) is 17.7 Å². The second kappa shape index (κ2) is 7.04. The molecule has 106 valence electrons. The average molecular weight is 332 g/mol. The van der Waals surface area contributed by atoms with Crippen LogP contribution in [0.5, 0.6) is 0 Å². The maximum absolute atomic E-state index is 8.83. The molecule has 1 heterocycles. The van der Waals surface area contributed by atoms with E-state index in [1.54, 1.807) is 18.2 Å². The molecule has 0 atom stereocenters. The summed E-state index contributed by atoms with van der Waals surface area (Å²) in [5.74, 6) is 1.49. The lowest BCUT2D eigenvalue weighted by atomic mass is 10.2. The van der Waals surface area contributed by atoms with Crippen molar-refractivity contribution in [3.63, 3.8) is 0 Å². The molecule has 0 saturated heterocycles. The van der Waals surface area contributed by atoms with Gasteiger partial charge in [-0.1, -0.05) is 28.4 Å². The van der Waals surface area contributed by atoms with Crippen LogP contribution in [0.15, 0.2) is 38.7 Å². The highest BCUT2D eigenvalue weighted by Gasteiger charge is 2.14. The fraction of sp³-hybridized carbons (Fsp3) is 0.154. The third-order valence-electron chi connectivity index (χ3n) is 2.47. The van der Waals surface area contributed by atoms with Crippen molar-refractivity contribution < 1.29 is 14.7 Å². The van der Waals surface area contributed by atoms with E-state index in [1.807, 2.05) is 6.07 Å². The van der Waals surface area contributed by atoms with E-state index in [0.717, 1.165) is 4.90 Å². The standard InChI is InChI=1S/C13H11Cl2NO3S/c14-12-9(10-3-1-8(19-10)7-16-18)2-4-11(13(12)15)20-6-5-17/h1-4,7,17-18H,5-6H2/b16-7-. The van der Waals surface area contributed by atoms with E-state index in [4.69, 9.17) is 37.9 Å². The highest BCUT2D eigenvalue weighted by atomic mass is 35.5. The highest BCUT2D eigenvalue weighted by Crippen LogP contribution is 2.40. The minimum Gasteiger partial charge on any atom is -0.455 e. The Balaban J connectivity index is 2.34. The monoisotopic (exact) mass is 331 g/mol. The molecule has 4 nitrogen and oxygen atoms in total. The quantitative estimate of drug-likeness (QED) is 0.374. The number of furan rings is 1. The minimum absolute atomic E-state index is 0.0718. The van der Waals surface area contributed by atoms with Crippen LogP contribution < -0.4 is 0 Å². The number of thioether (sulfide) groups is 1. The maximum atomic E-state index is 8.83. The Labute approximate surface area is 130 Å². The topological polar surface area (TPSA) is 66.0 Å². The number of hydrogen-bond acceptors (Lipinski definition) is 5. The Morgan fingerprint density at radius 3 is 2.70 bits per heavy atom. The summed E-state index contributed by atoms with van der Waals surface area (Å²) in [4.78, 5) is 0.804. The summed E-state index contributed by atoms with van der Waals surface area (Å²) in [6, 6.07) is 7.00. The van der Waals surface area contributed by atoms with Crippen LogP contribution in [0, 0.1) is 0 Å². The first kappa shape index (κ1) is 15.3. The summed E-state index contributed by atoms with van der Waals surface area (Å²) >= 11 is 13.9. The van der Waals surface area contributed by atoms with E-state index in [0.29, 0.717) is 32.9 Å². The molecule has 0 radical (unpaired) electrons. The molecule has 0 aliphatic rings. The molecule has 0 fully saturated rings. The molecule has 0 saturated carbocycles. The smallest absolute Gasteiger partial charge is 0.149 e. The van der Waals surface area contributed by atoms with Gasteiger partial charge in [-0.2, -0.15) is 0 Å². The van der Waals surface area contributed by atoms with Crippen LogP contribution in [0.2, 0.25) is 10.0 Å². The molecule has 2 rings (SSSR count). The number of benzene rings is 1. The van der Waals surface area contributed by atoms with Gasteiger partial charge in [0.25, 0.3) is 0 Å². The Morgan fingerprint density at radius 2 is 2.00 bits per heavy atom. The van der Waals surface area contributed by atoms with Crippen LogP contribution >= 0.6 is 35.0 Å². The van der Waals surface area contributed by atoms with Crippen molar-refractivity contribution in [2.45, 2.75) is 4.90 Å². The van der Waals surface area contributed by atoms with Gasteiger partial charge in [0.05, 0.1) is 16.7 Å². The second-order valence-corrected chi connectivity index (χ2v) is 5.65. The SMILES string of the molecule is OCCSc1ccc(-c2ccc(/C=N\O)o2)c(Cl)c1Cl. The van der Waals surface area contributed by atoms with Crippen molar-refractivity contribution in [1.82, 2.24) is 0 Å². The zero-order chi connectivity index (χ0) is 14.5. The molecule has 1 aromatic heterocycles. The third kappa shape index (κ3) is 3.30. The molecular formula is C13H11Cl2NO3S. The number of aliphatic hydroxyl groups excluding tert-OH is 1. The largest absolute Gasteiger partial charge is 0.455 e. The molecule has 2 aromatic rings. The molecule has 0 aliphatic carbocycles. The van der Waals surface area contributed by atoms with Gasteiger partial charge in [0.2, 0.25) is 0 Å². The number of halogens is 2. The Kier molecular flexibility index (Phi) is 5.37. The van der Waals surface area contributed by atoms with Gasteiger partial charge >= 0.3 is 0 Å². The number of rotatable bonds is 5.